The number of methoxy groups -OCH3 is 1. The number of ether oxygens (including phenoxy) is 1. The van der Waals surface area contributed by atoms with E-state index in [1.54, 1.807) is 7.11 Å². The van der Waals surface area contributed by atoms with Gasteiger partial charge in [-0.15, -0.1) is 0 Å². The summed E-state index contributed by atoms with van der Waals surface area (Å²) in [7, 11) is 1.65. The molecule has 1 saturated carbocycles. The number of amides is 2. The van der Waals surface area contributed by atoms with Crippen molar-refractivity contribution >= 4 is 11.8 Å². The van der Waals surface area contributed by atoms with Gasteiger partial charge in [-0.25, -0.2) is 0 Å². The summed E-state index contributed by atoms with van der Waals surface area (Å²) < 4.78 is 5.19. The Balaban J connectivity index is 1.32. The lowest BCUT2D eigenvalue weighted by atomic mass is 9.82. The first-order valence-electron chi connectivity index (χ1n) is 11.4. The van der Waals surface area contributed by atoms with Crippen LogP contribution in [0.1, 0.15) is 54.4 Å². The fraction of sp³-hybridized carbons (Fsp3) is 0.462. The molecule has 164 valence electrons. The van der Waals surface area contributed by atoms with Crippen molar-refractivity contribution in [1.29, 1.82) is 0 Å². The Hall–Kier alpha value is -2.82. The molecule has 1 heterocycles. The van der Waals surface area contributed by atoms with Crippen molar-refractivity contribution in [1.82, 2.24) is 10.2 Å². The van der Waals surface area contributed by atoms with Crippen LogP contribution in [0.15, 0.2) is 54.6 Å². The molecule has 0 unspecified atom stereocenters. The molecule has 5 nitrogen and oxygen atoms in total. The number of benzene rings is 2. The van der Waals surface area contributed by atoms with Crippen LogP contribution in [0.3, 0.4) is 0 Å². The van der Waals surface area contributed by atoms with Crippen molar-refractivity contribution in [3.63, 3.8) is 0 Å². The third-order valence-electron chi connectivity index (χ3n) is 6.65. The number of hydrogen-bond donors (Lipinski definition) is 1. The molecule has 5 heteroatoms. The molecule has 4 rings (SSSR count). The Morgan fingerprint density at radius 3 is 2.32 bits per heavy atom. The van der Waals surface area contributed by atoms with E-state index in [4.69, 9.17) is 4.74 Å². The van der Waals surface area contributed by atoms with Crippen molar-refractivity contribution in [3.8, 4) is 5.75 Å². The lowest BCUT2D eigenvalue weighted by molar-refractivity contribution is -0.132. The average molecular weight is 421 g/mol. The molecule has 2 aliphatic rings. The highest BCUT2D eigenvalue weighted by Gasteiger charge is 2.41. The Morgan fingerprint density at radius 2 is 1.71 bits per heavy atom. The molecule has 0 bridgehead atoms. The summed E-state index contributed by atoms with van der Waals surface area (Å²) in [6.07, 6.45) is 6.45. The molecule has 1 aliphatic heterocycles. The molecule has 0 aromatic heterocycles. The van der Waals surface area contributed by atoms with E-state index in [-0.39, 0.29) is 17.4 Å². The summed E-state index contributed by atoms with van der Waals surface area (Å²) in [5.41, 5.74) is 1.65. The maximum Gasteiger partial charge on any atom is 0.251 e. The van der Waals surface area contributed by atoms with E-state index in [1.165, 1.54) is 12.8 Å². The molecule has 0 radical (unpaired) electrons. The third-order valence-corrected chi connectivity index (χ3v) is 6.65. The van der Waals surface area contributed by atoms with Crippen molar-refractivity contribution in [2.45, 2.75) is 50.5 Å². The maximum absolute atomic E-state index is 12.8. The summed E-state index contributed by atoms with van der Waals surface area (Å²) in [6.45, 7) is 1.42. The van der Waals surface area contributed by atoms with Gasteiger partial charge in [0.25, 0.3) is 5.91 Å². The van der Waals surface area contributed by atoms with Gasteiger partial charge in [-0.3, -0.25) is 9.59 Å². The van der Waals surface area contributed by atoms with Crippen molar-refractivity contribution in [2.75, 3.05) is 20.2 Å². The lowest BCUT2D eigenvalue weighted by Gasteiger charge is -2.43. The third kappa shape index (κ3) is 5.66. The molecule has 1 N–H and O–H groups in total. The second-order valence-corrected chi connectivity index (χ2v) is 8.98. The second kappa shape index (κ2) is 9.54. The Bertz CT molecular complexity index is 883. The van der Waals surface area contributed by atoms with Gasteiger partial charge in [-0.2, -0.15) is 0 Å². The number of carbonyl (C=O) groups excluding carboxylic acids is 2. The monoisotopic (exact) mass is 420 g/mol. The molecule has 0 atom stereocenters. The molecule has 2 amide bonds. The molecular formula is C26H32N2O3. The molecule has 0 spiro atoms. The fourth-order valence-corrected chi connectivity index (χ4v) is 4.54. The van der Waals surface area contributed by atoms with E-state index in [0.29, 0.717) is 31.0 Å². The van der Waals surface area contributed by atoms with E-state index in [9.17, 15) is 9.59 Å². The summed E-state index contributed by atoms with van der Waals surface area (Å²) in [4.78, 5) is 27.6. The van der Waals surface area contributed by atoms with Crippen LogP contribution >= 0.6 is 0 Å². The van der Waals surface area contributed by atoms with Crippen LogP contribution in [0, 0.1) is 5.92 Å². The van der Waals surface area contributed by atoms with Crippen molar-refractivity contribution < 1.29 is 14.3 Å². The predicted molar refractivity (Wildman–Crippen MR) is 121 cm³/mol. The fourth-order valence-electron chi connectivity index (χ4n) is 4.54. The molecule has 1 aliphatic carbocycles. The summed E-state index contributed by atoms with van der Waals surface area (Å²) in [6, 6.07) is 17.3. The maximum atomic E-state index is 12.8. The van der Waals surface area contributed by atoms with Gasteiger partial charge in [0.2, 0.25) is 5.91 Å². The van der Waals surface area contributed by atoms with Gasteiger partial charge in [0.15, 0.2) is 0 Å². The van der Waals surface area contributed by atoms with Crippen LogP contribution in [0.5, 0.6) is 5.75 Å². The Labute approximate surface area is 184 Å². The van der Waals surface area contributed by atoms with Gasteiger partial charge in [0, 0.05) is 30.6 Å². The first-order chi connectivity index (χ1) is 15.1. The molecule has 1 saturated heterocycles. The summed E-state index contributed by atoms with van der Waals surface area (Å²) in [5.74, 6) is 1.75. The van der Waals surface area contributed by atoms with E-state index in [1.807, 2.05) is 59.5 Å². The molecule has 2 aromatic carbocycles. The van der Waals surface area contributed by atoms with Crippen LogP contribution in [0.25, 0.3) is 0 Å². The Morgan fingerprint density at radius 1 is 1.03 bits per heavy atom. The quantitative estimate of drug-likeness (QED) is 0.696. The summed E-state index contributed by atoms with van der Waals surface area (Å²) >= 11 is 0. The zero-order chi connectivity index (χ0) is 21.7. The molecular weight excluding hydrogens is 388 g/mol. The van der Waals surface area contributed by atoms with Crippen molar-refractivity contribution in [3.05, 3.63) is 65.7 Å². The number of nitrogens with one attached hydrogen (secondary N) is 1. The van der Waals surface area contributed by atoms with E-state index < -0.39 is 0 Å². The van der Waals surface area contributed by atoms with Crippen LogP contribution in [0.4, 0.5) is 0 Å². The smallest absolute Gasteiger partial charge is 0.251 e. The Kier molecular flexibility index (Phi) is 6.59. The zero-order valence-electron chi connectivity index (χ0n) is 18.3. The van der Waals surface area contributed by atoms with Gasteiger partial charge in [-0.05, 0) is 61.4 Å². The number of rotatable bonds is 8. The highest BCUT2D eigenvalue weighted by Crippen LogP contribution is 2.40. The number of nitrogens with zero attached hydrogens (tertiary/aromatic N) is 1. The lowest BCUT2D eigenvalue weighted by Crippen LogP contribution is -2.56. The topological polar surface area (TPSA) is 58.6 Å². The van der Waals surface area contributed by atoms with Gasteiger partial charge < -0.3 is 15.0 Å². The minimum atomic E-state index is -0.194. The first-order valence-corrected chi connectivity index (χ1v) is 11.4. The average Bonchev–Trinajstić information content (AvgIpc) is 3.62. The minimum absolute atomic E-state index is 0.000493. The number of aryl methyl sites for hydroxylation is 1. The molecule has 2 fully saturated rings. The largest absolute Gasteiger partial charge is 0.497 e. The first kappa shape index (κ1) is 21.4. The number of carbonyl (C=O) groups is 2. The van der Waals surface area contributed by atoms with Gasteiger partial charge >= 0.3 is 0 Å². The standard InChI is InChI=1S/C26H32N2O3/c1-31-23-12-9-20(10-13-23)11-14-24(29)28-17-15-26(16-18-28,19-21-7-8-21)27-25(30)22-5-3-2-4-6-22/h2-6,9-10,12-13,21H,7-8,11,14-19H2,1H3,(H,27,30). The van der Waals surface area contributed by atoms with Crippen LogP contribution in [0.2, 0.25) is 0 Å². The van der Waals surface area contributed by atoms with Crippen LogP contribution < -0.4 is 10.1 Å². The number of hydrogen-bond acceptors (Lipinski definition) is 3. The SMILES string of the molecule is COc1ccc(CCC(=O)N2CCC(CC3CC3)(NC(=O)c3ccccc3)CC2)cc1. The number of likely N-dealkylation sites (tertiary alicyclic amines) is 1. The highest BCUT2D eigenvalue weighted by molar-refractivity contribution is 5.94. The normalized spacial score (nSPS) is 17.8. The summed E-state index contributed by atoms with van der Waals surface area (Å²) in [5, 5.41) is 3.36. The minimum Gasteiger partial charge on any atom is -0.497 e. The van der Waals surface area contributed by atoms with Crippen LogP contribution in [-0.2, 0) is 11.2 Å². The highest BCUT2D eigenvalue weighted by atomic mass is 16.5. The number of piperidine rings is 1. The zero-order valence-corrected chi connectivity index (χ0v) is 18.3. The van der Waals surface area contributed by atoms with Crippen LogP contribution in [-0.4, -0.2) is 42.5 Å². The molecule has 2 aromatic rings. The van der Waals surface area contributed by atoms with E-state index in [0.717, 1.165) is 37.0 Å². The van der Waals surface area contributed by atoms with E-state index in [2.05, 4.69) is 5.32 Å². The van der Waals surface area contributed by atoms with Gasteiger partial charge in [0.05, 0.1) is 7.11 Å². The predicted octanol–water partition coefficient (Wildman–Crippen LogP) is 4.22. The van der Waals surface area contributed by atoms with Crippen molar-refractivity contribution in [2.24, 2.45) is 5.92 Å². The second-order valence-electron chi connectivity index (χ2n) is 8.98. The van der Waals surface area contributed by atoms with E-state index >= 15 is 0 Å². The molecule has 31 heavy (non-hydrogen) atoms. The van der Waals surface area contributed by atoms with Gasteiger partial charge in [0.1, 0.15) is 5.75 Å². The van der Waals surface area contributed by atoms with Gasteiger partial charge in [-0.1, -0.05) is 43.2 Å².